The minimum Gasteiger partial charge on any atom is -0.324 e. The molecule has 5 nitrogen and oxygen atoms in total. The summed E-state index contributed by atoms with van der Waals surface area (Å²) in [7, 11) is 0. The fraction of sp³-hybridized carbons (Fsp3) is 0.200. The second-order valence-corrected chi connectivity index (χ2v) is 7.65. The number of rotatable bonds is 5. The van der Waals surface area contributed by atoms with Crippen molar-refractivity contribution in [1.29, 1.82) is 0 Å². The van der Waals surface area contributed by atoms with Crippen LogP contribution in [0.15, 0.2) is 72.8 Å². The van der Waals surface area contributed by atoms with E-state index in [9.17, 15) is 9.59 Å². The summed E-state index contributed by atoms with van der Waals surface area (Å²) in [5.74, 6) is -0.367. The molecule has 5 heteroatoms. The Morgan fingerprint density at radius 2 is 1.67 bits per heavy atom. The Labute approximate surface area is 176 Å². The van der Waals surface area contributed by atoms with E-state index >= 15 is 0 Å². The largest absolute Gasteiger partial charge is 0.324 e. The zero-order chi connectivity index (χ0) is 20.9. The van der Waals surface area contributed by atoms with Crippen molar-refractivity contribution in [3.05, 3.63) is 95.1 Å². The van der Waals surface area contributed by atoms with Crippen LogP contribution in [0.4, 0.5) is 11.4 Å². The fourth-order valence-corrected chi connectivity index (χ4v) is 3.79. The van der Waals surface area contributed by atoms with Gasteiger partial charge in [0.15, 0.2) is 0 Å². The minimum atomic E-state index is -0.247. The van der Waals surface area contributed by atoms with Gasteiger partial charge in [0.1, 0.15) is 0 Å². The lowest BCUT2D eigenvalue weighted by atomic mass is 10.00. The summed E-state index contributed by atoms with van der Waals surface area (Å²) < 4.78 is 0. The van der Waals surface area contributed by atoms with Crippen molar-refractivity contribution < 1.29 is 9.59 Å². The number of fused-ring (bicyclic) bond motifs is 1. The Hall–Kier alpha value is -3.44. The van der Waals surface area contributed by atoms with Crippen molar-refractivity contribution in [3.63, 3.8) is 0 Å². The molecular formula is C25H25N3O2. The van der Waals surface area contributed by atoms with Crippen LogP contribution in [0.5, 0.6) is 0 Å². The van der Waals surface area contributed by atoms with Crippen molar-refractivity contribution in [2.75, 3.05) is 23.7 Å². The number of nitrogens with one attached hydrogen (secondary N) is 2. The standard InChI is InChI=1S/C25H25N3O2/c1-18-7-6-10-21(15-18)26-25(30)22-11-4-5-12-23(22)27-24(29)17-28-14-13-19-8-2-3-9-20(19)16-28/h2-12,15H,13-14,16-17H2,1H3,(H,26,30)(H,27,29). The average Bonchev–Trinajstić information content (AvgIpc) is 2.74. The van der Waals surface area contributed by atoms with E-state index in [0.717, 1.165) is 30.8 Å². The van der Waals surface area contributed by atoms with E-state index in [0.29, 0.717) is 17.8 Å². The van der Waals surface area contributed by atoms with Crippen molar-refractivity contribution >= 4 is 23.2 Å². The second kappa shape index (κ2) is 8.93. The summed E-state index contributed by atoms with van der Waals surface area (Å²) in [4.78, 5) is 27.6. The molecule has 30 heavy (non-hydrogen) atoms. The Morgan fingerprint density at radius 1 is 0.900 bits per heavy atom. The molecule has 0 fully saturated rings. The lowest BCUT2D eigenvalue weighted by molar-refractivity contribution is -0.117. The van der Waals surface area contributed by atoms with Gasteiger partial charge in [0, 0.05) is 18.8 Å². The fourth-order valence-electron chi connectivity index (χ4n) is 3.79. The first kappa shape index (κ1) is 19.9. The van der Waals surface area contributed by atoms with Gasteiger partial charge in [-0.1, -0.05) is 48.5 Å². The highest BCUT2D eigenvalue weighted by Crippen LogP contribution is 2.20. The smallest absolute Gasteiger partial charge is 0.257 e. The highest BCUT2D eigenvalue weighted by Gasteiger charge is 2.19. The molecule has 0 aliphatic carbocycles. The molecule has 0 aromatic heterocycles. The molecule has 0 saturated heterocycles. The molecule has 1 heterocycles. The van der Waals surface area contributed by atoms with Gasteiger partial charge in [-0.2, -0.15) is 0 Å². The van der Waals surface area contributed by atoms with E-state index in [1.807, 2.05) is 43.3 Å². The summed E-state index contributed by atoms with van der Waals surface area (Å²) in [6.07, 6.45) is 0.943. The molecule has 0 spiro atoms. The maximum atomic E-state index is 12.8. The Bertz CT molecular complexity index is 1080. The van der Waals surface area contributed by atoms with Gasteiger partial charge in [0.25, 0.3) is 5.91 Å². The first-order valence-electron chi connectivity index (χ1n) is 10.1. The first-order valence-corrected chi connectivity index (χ1v) is 10.1. The van der Waals surface area contributed by atoms with E-state index < -0.39 is 0 Å². The number of hydrogen-bond acceptors (Lipinski definition) is 3. The van der Waals surface area contributed by atoms with E-state index in [1.54, 1.807) is 18.2 Å². The molecule has 2 N–H and O–H groups in total. The van der Waals surface area contributed by atoms with Crippen LogP contribution in [0.3, 0.4) is 0 Å². The minimum absolute atomic E-state index is 0.120. The molecule has 3 aromatic carbocycles. The van der Waals surface area contributed by atoms with Crippen molar-refractivity contribution in [2.24, 2.45) is 0 Å². The summed E-state index contributed by atoms with van der Waals surface area (Å²) >= 11 is 0. The average molecular weight is 399 g/mol. The van der Waals surface area contributed by atoms with Gasteiger partial charge in [0.05, 0.1) is 17.8 Å². The topological polar surface area (TPSA) is 61.4 Å². The van der Waals surface area contributed by atoms with E-state index in [-0.39, 0.29) is 11.8 Å². The molecular weight excluding hydrogens is 374 g/mol. The maximum absolute atomic E-state index is 12.8. The van der Waals surface area contributed by atoms with Gasteiger partial charge in [0.2, 0.25) is 5.91 Å². The third-order valence-electron chi connectivity index (χ3n) is 5.30. The predicted molar refractivity (Wildman–Crippen MR) is 120 cm³/mol. The highest BCUT2D eigenvalue weighted by atomic mass is 16.2. The van der Waals surface area contributed by atoms with Crippen LogP contribution < -0.4 is 10.6 Å². The SMILES string of the molecule is Cc1cccc(NC(=O)c2ccccc2NC(=O)CN2CCc3ccccc3C2)c1. The first-order chi connectivity index (χ1) is 14.6. The maximum Gasteiger partial charge on any atom is 0.257 e. The lowest BCUT2D eigenvalue weighted by Crippen LogP contribution is -2.37. The third kappa shape index (κ3) is 4.75. The van der Waals surface area contributed by atoms with Crippen molar-refractivity contribution in [3.8, 4) is 0 Å². The third-order valence-corrected chi connectivity index (χ3v) is 5.30. The van der Waals surface area contributed by atoms with Gasteiger partial charge in [-0.15, -0.1) is 0 Å². The Morgan fingerprint density at radius 3 is 2.50 bits per heavy atom. The molecule has 0 unspecified atom stereocenters. The lowest BCUT2D eigenvalue weighted by Gasteiger charge is -2.28. The number of hydrogen-bond donors (Lipinski definition) is 2. The summed E-state index contributed by atoms with van der Waals surface area (Å²) in [6.45, 7) is 3.88. The van der Waals surface area contributed by atoms with E-state index in [4.69, 9.17) is 0 Å². The number of amides is 2. The number of para-hydroxylation sites is 1. The van der Waals surface area contributed by atoms with Gasteiger partial charge in [-0.3, -0.25) is 14.5 Å². The van der Waals surface area contributed by atoms with Crippen LogP contribution in [0.2, 0.25) is 0 Å². The summed E-state index contributed by atoms with van der Waals surface area (Å²) in [6, 6.07) is 23.1. The zero-order valence-corrected chi connectivity index (χ0v) is 17.0. The highest BCUT2D eigenvalue weighted by molar-refractivity contribution is 6.10. The van der Waals surface area contributed by atoms with Gasteiger partial charge >= 0.3 is 0 Å². The zero-order valence-electron chi connectivity index (χ0n) is 17.0. The summed E-state index contributed by atoms with van der Waals surface area (Å²) in [5, 5.41) is 5.82. The number of anilines is 2. The van der Waals surface area contributed by atoms with Crippen molar-refractivity contribution in [2.45, 2.75) is 19.9 Å². The molecule has 3 aromatic rings. The summed E-state index contributed by atoms with van der Waals surface area (Å²) in [5.41, 5.74) is 5.38. The Kier molecular flexibility index (Phi) is 5.91. The Balaban J connectivity index is 1.41. The van der Waals surface area contributed by atoms with Crippen molar-refractivity contribution in [1.82, 2.24) is 4.90 Å². The molecule has 2 amide bonds. The van der Waals surface area contributed by atoms with Gasteiger partial charge in [-0.25, -0.2) is 0 Å². The molecule has 152 valence electrons. The van der Waals surface area contributed by atoms with E-state index in [2.05, 4.69) is 33.7 Å². The monoisotopic (exact) mass is 399 g/mol. The molecule has 1 aliphatic heterocycles. The quantitative estimate of drug-likeness (QED) is 0.674. The second-order valence-electron chi connectivity index (χ2n) is 7.65. The number of nitrogens with zero attached hydrogens (tertiary/aromatic N) is 1. The van der Waals surface area contributed by atoms with Crippen LogP contribution in [-0.4, -0.2) is 29.8 Å². The molecule has 4 rings (SSSR count). The normalized spacial score (nSPS) is 13.4. The molecule has 0 bridgehead atoms. The number of aryl methyl sites for hydroxylation is 1. The molecule has 0 saturated carbocycles. The van der Waals surface area contributed by atoms with E-state index in [1.165, 1.54) is 11.1 Å². The van der Waals surface area contributed by atoms with Crippen LogP contribution in [-0.2, 0) is 17.8 Å². The molecule has 0 atom stereocenters. The number of benzene rings is 3. The van der Waals surface area contributed by atoms with Crippen LogP contribution in [0, 0.1) is 6.92 Å². The number of carbonyl (C=O) groups excluding carboxylic acids is 2. The van der Waals surface area contributed by atoms with Crippen LogP contribution in [0.1, 0.15) is 27.0 Å². The van der Waals surface area contributed by atoms with Gasteiger partial charge in [-0.05, 0) is 54.3 Å². The number of carbonyl (C=O) groups is 2. The molecule has 1 aliphatic rings. The predicted octanol–water partition coefficient (Wildman–Crippen LogP) is 4.24. The molecule has 0 radical (unpaired) electrons. The van der Waals surface area contributed by atoms with Crippen LogP contribution >= 0.6 is 0 Å². The van der Waals surface area contributed by atoms with Crippen LogP contribution in [0.25, 0.3) is 0 Å². The van der Waals surface area contributed by atoms with Gasteiger partial charge < -0.3 is 10.6 Å².